The summed E-state index contributed by atoms with van der Waals surface area (Å²) in [6.45, 7) is 3.39. The second-order valence-corrected chi connectivity index (χ2v) is 8.27. The Balaban J connectivity index is 1.41. The van der Waals surface area contributed by atoms with E-state index in [0.717, 1.165) is 33.6 Å². The summed E-state index contributed by atoms with van der Waals surface area (Å²) < 4.78 is 18.4. The van der Waals surface area contributed by atoms with Crippen molar-refractivity contribution in [2.75, 3.05) is 27.4 Å². The van der Waals surface area contributed by atoms with Crippen molar-refractivity contribution < 1.29 is 23.8 Å². The summed E-state index contributed by atoms with van der Waals surface area (Å²) in [7, 11) is 2.90. The van der Waals surface area contributed by atoms with Gasteiger partial charge in [-0.1, -0.05) is 47.6 Å². The summed E-state index contributed by atoms with van der Waals surface area (Å²) in [6.07, 6.45) is 1.84. The topological polar surface area (TPSA) is 84.2 Å². The van der Waals surface area contributed by atoms with E-state index in [1.54, 1.807) is 0 Å². The van der Waals surface area contributed by atoms with Gasteiger partial charge in [-0.3, -0.25) is 0 Å². The van der Waals surface area contributed by atoms with Gasteiger partial charge in [-0.2, -0.15) is 0 Å². The lowest BCUT2D eigenvalue weighted by atomic mass is 10.1. The van der Waals surface area contributed by atoms with Crippen molar-refractivity contribution in [3.8, 4) is 5.75 Å². The van der Waals surface area contributed by atoms with Gasteiger partial charge in [0.05, 0.1) is 19.3 Å². The second kappa shape index (κ2) is 12.7. The van der Waals surface area contributed by atoms with Gasteiger partial charge in [0.2, 0.25) is 0 Å². The van der Waals surface area contributed by atoms with Crippen molar-refractivity contribution in [1.82, 2.24) is 9.55 Å². The molecule has 1 unspecified atom stereocenters. The highest BCUT2D eigenvalue weighted by Gasteiger charge is 2.19. The Bertz CT molecular complexity index is 1330. The molecule has 37 heavy (non-hydrogen) atoms. The molecule has 0 amide bonds. The van der Waals surface area contributed by atoms with E-state index in [0.29, 0.717) is 31.9 Å². The molecule has 0 saturated carbocycles. The molecule has 8 heteroatoms. The predicted molar refractivity (Wildman–Crippen MR) is 142 cm³/mol. The first-order valence-electron chi connectivity index (χ1n) is 12.2. The molecule has 0 aliphatic rings. The van der Waals surface area contributed by atoms with Crippen LogP contribution in [0.3, 0.4) is 0 Å². The van der Waals surface area contributed by atoms with Crippen molar-refractivity contribution in [1.29, 1.82) is 0 Å². The maximum absolute atomic E-state index is 11.9. The molecule has 0 fully saturated rings. The molecule has 4 aromatic rings. The molecule has 0 saturated heterocycles. The van der Waals surface area contributed by atoms with Crippen LogP contribution in [-0.2, 0) is 32.1 Å². The molecular weight excluding hydrogens is 470 g/mol. The third-order valence-corrected chi connectivity index (χ3v) is 5.86. The van der Waals surface area contributed by atoms with E-state index >= 15 is 0 Å². The quantitative estimate of drug-likeness (QED) is 0.160. The van der Waals surface area contributed by atoms with Crippen LogP contribution in [0.4, 0.5) is 0 Å². The van der Waals surface area contributed by atoms with Crippen LogP contribution >= 0.6 is 0 Å². The molecule has 0 aliphatic heterocycles. The molecule has 2 heterocycles. The Hall–Kier alpha value is -4.17. The first-order valence-corrected chi connectivity index (χ1v) is 12.2. The number of methoxy groups -OCH3 is 1. The predicted octanol–water partition coefficient (Wildman–Crippen LogP) is 4.63. The van der Waals surface area contributed by atoms with Crippen LogP contribution in [0.5, 0.6) is 5.75 Å². The first-order chi connectivity index (χ1) is 18.1. The van der Waals surface area contributed by atoms with Crippen LogP contribution < -0.4 is 4.74 Å². The fraction of sp³-hybridized carbons (Fsp3) is 0.276. The Morgan fingerprint density at radius 3 is 2.49 bits per heavy atom. The number of hydrogen-bond acceptors (Lipinski definition) is 7. The van der Waals surface area contributed by atoms with E-state index in [9.17, 15) is 4.79 Å². The molecule has 0 spiro atoms. The lowest BCUT2D eigenvalue weighted by molar-refractivity contribution is -0.153. The normalized spacial score (nSPS) is 12.4. The Kier molecular flexibility index (Phi) is 8.89. The molecule has 0 radical (unpaired) electrons. The Labute approximate surface area is 216 Å². The van der Waals surface area contributed by atoms with Gasteiger partial charge in [-0.15, -0.1) is 0 Å². The van der Waals surface area contributed by atoms with Gasteiger partial charge >= 0.3 is 5.97 Å². The van der Waals surface area contributed by atoms with E-state index in [1.807, 2.05) is 85.9 Å². The van der Waals surface area contributed by atoms with Gasteiger partial charge in [0.15, 0.2) is 6.10 Å². The van der Waals surface area contributed by atoms with Crippen molar-refractivity contribution in [2.45, 2.75) is 26.0 Å². The highest BCUT2D eigenvalue weighted by Crippen LogP contribution is 2.19. The number of benzene rings is 2. The van der Waals surface area contributed by atoms with Gasteiger partial charge in [0.25, 0.3) is 0 Å². The van der Waals surface area contributed by atoms with Gasteiger partial charge in [0.1, 0.15) is 30.8 Å². The monoisotopic (exact) mass is 501 g/mol. The number of fused-ring (bicyclic) bond motifs is 1. The van der Waals surface area contributed by atoms with Gasteiger partial charge < -0.3 is 23.6 Å². The van der Waals surface area contributed by atoms with E-state index in [1.165, 1.54) is 14.2 Å². The number of nitrogens with zero attached hydrogens (tertiary/aromatic N) is 3. The second-order valence-electron chi connectivity index (χ2n) is 8.27. The molecule has 0 aliphatic carbocycles. The van der Waals surface area contributed by atoms with Crippen molar-refractivity contribution in [3.05, 3.63) is 95.8 Å². The van der Waals surface area contributed by atoms with E-state index in [2.05, 4.69) is 9.72 Å². The van der Waals surface area contributed by atoms with E-state index in [-0.39, 0.29) is 5.97 Å². The number of carbonyl (C=O) groups is 1. The number of oxime groups is 1. The number of aromatic nitrogens is 2. The summed E-state index contributed by atoms with van der Waals surface area (Å²) in [5, 5.41) is 5.26. The molecule has 2 aromatic carbocycles. The highest BCUT2D eigenvalue weighted by molar-refractivity contribution is 6.12. The third-order valence-electron chi connectivity index (χ3n) is 5.86. The number of hydrogen-bond donors (Lipinski definition) is 0. The Morgan fingerprint density at radius 2 is 1.78 bits per heavy atom. The zero-order valence-corrected chi connectivity index (χ0v) is 21.3. The fourth-order valence-electron chi connectivity index (χ4n) is 4.05. The zero-order chi connectivity index (χ0) is 26.0. The van der Waals surface area contributed by atoms with Crippen molar-refractivity contribution >= 4 is 22.7 Å². The minimum absolute atomic E-state index is 0.373. The van der Waals surface area contributed by atoms with Crippen LogP contribution in [0.15, 0.2) is 84.1 Å². The molecule has 8 nitrogen and oxygen atoms in total. The summed E-state index contributed by atoms with van der Waals surface area (Å²) in [6, 6.07) is 23.5. The van der Waals surface area contributed by atoms with E-state index < -0.39 is 6.10 Å². The van der Waals surface area contributed by atoms with Crippen LogP contribution in [0.25, 0.3) is 11.0 Å². The highest BCUT2D eigenvalue weighted by atomic mass is 16.6. The van der Waals surface area contributed by atoms with Crippen LogP contribution in [0.1, 0.15) is 23.7 Å². The molecule has 0 bridgehead atoms. The lowest BCUT2D eigenvalue weighted by Gasteiger charge is -2.15. The smallest absolute Gasteiger partial charge is 0.335 e. The maximum atomic E-state index is 11.9. The molecule has 2 aromatic heterocycles. The maximum Gasteiger partial charge on any atom is 0.335 e. The standard InChI is InChI=1S/C29H31N3O5/c1-4-36-26(29(33)34-2)20-21-10-13-24(14-11-21)37-19-18-32-17-16-23-12-15-25(30-28(23)32)27(31-35-3)22-8-6-5-7-9-22/h5-17,26H,4,18-20H2,1-3H3. The van der Waals surface area contributed by atoms with Gasteiger partial charge in [-0.25, -0.2) is 9.78 Å². The third kappa shape index (κ3) is 6.54. The lowest BCUT2D eigenvalue weighted by Crippen LogP contribution is -2.28. The summed E-state index contributed by atoms with van der Waals surface area (Å²) in [4.78, 5) is 21.9. The number of rotatable bonds is 12. The van der Waals surface area contributed by atoms with Crippen LogP contribution in [0.2, 0.25) is 0 Å². The zero-order valence-electron chi connectivity index (χ0n) is 21.3. The minimum Gasteiger partial charge on any atom is -0.492 e. The number of carbonyl (C=O) groups excluding carboxylic acids is 1. The molecular formula is C29H31N3O5. The molecule has 4 rings (SSSR count). The average molecular weight is 502 g/mol. The van der Waals surface area contributed by atoms with Crippen molar-refractivity contribution in [3.63, 3.8) is 0 Å². The Morgan fingerprint density at radius 1 is 1.00 bits per heavy atom. The SMILES string of the molecule is CCOC(Cc1ccc(OCCn2ccc3ccc(C(=NOC)c4ccccc4)nc32)cc1)C(=O)OC. The number of ether oxygens (including phenoxy) is 3. The molecule has 192 valence electrons. The summed E-state index contributed by atoms with van der Waals surface area (Å²) in [5.74, 6) is 0.376. The molecule has 1 atom stereocenters. The largest absolute Gasteiger partial charge is 0.492 e. The van der Waals surface area contributed by atoms with Crippen molar-refractivity contribution in [2.24, 2.45) is 5.16 Å². The molecule has 0 N–H and O–H groups in total. The van der Waals surface area contributed by atoms with E-state index in [4.69, 9.17) is 24.0 Å². The first kappa shape index (κ1) is 25.9. The summed E-state index contributed by atoms with van der Waals surface area (Å²) >= 11 is 0. The summed E-state index contributed by atoms with van der Waals surface area (Å²) in [5.41, 5.74) is 4.15. The van der Waals surface area contributed by atoms with Gasteiger partial charge in [0, 0.05) is 30.2 Å². The number of pyridine rings is 1. The average Bonchev–Trinajstić information content (AvgIpc) is 3.34. The van der Waals surface area contributed by atoms with Crippen LogP contribution in [-0.4, -0.2) is 54.8 Å². The fourth-order valence-corrected chi connectivity index (χ4v) is 4.05. The number of esters is 1. The minimum atomic E-state index is -0.613. The van der Waals surface area contributed by atoms with Crippen LogP contribution in [0, 0.1) is 0 Å². The van der Waals surface area contributed by atoms with Gasteiger partial charge in [-0.05, 0) is 42.8 Å².